The van der Waals surface area contributed by atoms with E-state index in [1.807, 2.05) is 0 Å². The van der Waals surface area contributed by atoms with Gasteiger partial charge in [0.2, 0.25) is 10.0 Å². The number of likely N-dealkylation sites (tertiary alicyclic amines) is 1. The fourth-order valence-corrected chi connectivity index (χ4v) is 5.72. The normalized spacial score (nSPS) is 25.8. The SMILES string of the molecule is CCNC(=NC[C@H]1CCCN1S(C)(=O)=O)NC1CCN(Cc2ccccc2)C(C)C1.I. The first-order valence-electron chi connectivity index (χ1n) is 11.2. The van der Waals surface area contributed by atoms with Crippen molar-refractivity contribution < 1.29 is 8.42 Å². The molecular weight excluding hydrogens is 525 g/mol. The number of benzene rings is 1. The summed E-state index contributed by atoms with van der Waals surface area (Å²) in [7, 11) is -3.16. The van der Waals surface area contributed by atoms with Gasteiger partial charge in [0.25, 0.3) is 0 Å². The van der Waals surface area contributed by atoms with Crippen molar-refractivity contribution in [2.45, 2.75) is 64.2 Å². The Morgan fingerprint density at radius 2 is 1.94 bits per heavy atom. The molecule has 3 rings (SSSR count). The van der Waals surface area contributed by atoms with Gasteiger partial charge in [0, 0.05) is 44.3 Å². The summed E-state index contributed by atoms with van der Waals surface area (Å²) < 4.78 is 25.5. The molecule has 3 atom stereocenters. The smallest absolute Gasteiger partial charge is 0.211 e. The average molecular weight is 564 g/mol. The molecule has 1 aromatic rings. The van der Waals surface area contributed by atoms with Crippen LogP contribution in [0.3, 0.4) is 0 Å². The van der Waals surface area contributed by atoms with E-state index in [-0.39, 0.29) is 30.0 Å². The lowest BCUT2D eigenvalue weighted by atomic mass is 9.97. The Bertz CT molecular complexity index is 805. The van der Waals surface area contributed by atoms with Crippen molar-refractivity contribution in [3.63, 3.8) is 0 Å². The van der Waals surface area contributed by atoms with E-state index >= 15 is 0 Å². The Labute approximate surface area is 205 Å². The lowest BCUT2D eigenvalue weighted by Gasteiger charge is -2.38. The second kappa shape index (κ2) is 12.4. The third-order valence-corrected chi connectivity index (χ3v) is 7.47. The third kappa shape index (κ3) is 7.87. The molecule has 1 aromatic carbocycles. The summed E-state index contributed by atoms with van der Waals surface area (Å²) >= 11 is 0. The van der Waals surface area contributed by atoms with Crippen molar-refractivity contribution in [2.75, 3.05) is 32.4 Å². The van der Waals surface area contributed by atoms with Crippen molar-refractivity contribution in [3.05, 3.63) is 35.9 Å². The van der Waals surface area contributed by atoms with Crippen LogP contribution in [0.5, 0.6) is 0 Å². The number of sulfonamides is 1. The van der Waals surface area contributed by atoms with E-state index in [1.165, 1.54) is 11.8 Å². The number of rotatable bonds is 7. The van der Waals surface area contributed by atoms with Crippen molar-refractivity contribution in [3.8, 4) is 0 Å². The van der Waals surface area contributed by atoms with Gasteiger partial charge in [-0.3, -0.25) is 9.89 Å². The number of guanidine groups is 1. The van der Waals surface area contributed by atoms with Gasteiger partial charge in [0.15, 0.2) is 5.96 Å². The number of hydrogen-bond acceptors (Lipinski definition) is 4. The lowest BCUT2D eigenvalue weighted by Crippen LogP contribution is -2.51. The van der Waals surface area contributed by atoms with Crippen molar-refractivity contribution in [2.24, 2.45) is 4.99 Å². The maximum absolute atomic E-state index is 12.0. The maximum Gasteiger partial charge on any atom is 0.211 e. The van der Waals surface area contributed by atoms with Crippen LogP contribution in [0.2, 0.25) is 0 Å². The second-order valence-corrected chi connectivity index (χ2v) is 10.5. The minimum atomic E-state index is -3.16. The van der Waals surface area contributed by atoms with Gasteiger partial charge in [-0.05, 0) is 45.1 Å². The summed E-state index contributed by atoms with van der Waals surface area (Å²) in [5, 5.41) is 6.92. The molecule has 0 amide bonds. The fraction of sp³-hybridized carbons (Fsp3) is 0.682. The average Bonchev–Trinajstić information content (AvgIpc) is 3.18. The minimum Gasteiger partial charge on any atom is -0.357 e. The topological polar surface area (TPSA) is 77.0 Å². The zero-order valence-corrected chi connectivity index (χ0v) is 22.1. The first-order chi connectivity index (χ1) is 14.4. The van der Waals surface area contributed by atoms with Gasteiger partial charge in [-0.2, -0.15) is 4.31 Å². The van der Waals surface area contributed by atoms with Crippen molar-refractivity contribution in [1.82, 2.24) is 19.8 Å². The zero-order chi connectivity index (χ0) is 21.6. The molecule has 2 N–H and O–H groups in total. The molecule has 176 valence electrons. The molecular formula is C22H38IN5O2S. The van der Waals surface area contributed by atoms with Gasteiger partial charge in [-0.1, -0.05) is 30.3 Å². The molecule has 2 aliphatic rings. The molecule has 0 bridgehead atoms. The molecule has 2 unspecified atom stereocenters. The molecule has 2 saturated heterocycles. The van der Waals surface area contributed by atoms with E-state index < -0.39 is 10.0 Å². The molecule has 31 heavy (non-hydrogen) atoms. The van der Waals surface area contributed by atoms with Crippen LogP contribution in [-0.4, -0.2) is 74.1 Å². The van der Waals surface area contributed by atoms with Crippen LogP contribution in [-0.2, 0) is 16.6 Å². The monoisotopic (exact) mass is 563 g/mol. The summed E-state index contributed by atoms with van der Waals surface area (Å²) in [6, 6.07) is 11.5. The van der Waals surface area contributed by atoms with E-state index in [0.717, 1.165) is 51.3 Å². The number of nitrogens with zero attached hydrogens (tertiary/aromatic N) is 3. The van der Waals surface area contributed by atoms with Gasteiger partial charge in [-0.25, -0.2) is 8.42 Å². The number of hydrogen-bond donors (Lipinski definition) is 2. The van der Waals surface area contributed by atoms with Crippen molar-refractivity contribution >= 4 is 40.0 Å². The van der Waals surface area contributed by atoms with Gasteiger partial charge in [-0.15, -0.1) is 24.0 Å². The van der Waals surface area contributed by atoms with Gasteiger partial charge in [0.1, 0.15) is 0 Å². The molecule has 2 heterocycles. The highest BCUT2D eigenvalue weighted by Gasteiger charge is 2.31. The maximum atomic E-state index is 12.0. The van der Waals surface area contributed by atoms with Crippen LogP contribution in [0.15, 0.2) is 35.3 Å². The number of halogens is 1. The highest BCUT2D eigenvalue weighted by atomic mass is 127. The molecule has 7 nitrogen and oxygen atoms in total. The van der Waals surface area contributed by atoms with Crippen LogP contribution < -0.4 is 10.6 Å². The summed E-state index contributed by atoms with van der Waals surface area (Å²) in [6.45, 7) is 8.30. The van der Waals surface area contributed by atoms with Gasteiger partial charge >= 0.3 is 0 Å². The second-order valence-electron chi connectivity index (χ2n) is 8.56. The fourth-order valence-electron chi connectivity index (χ4n) is 4.54. The predicted molar refractivity (Wildman–Crippen MR) is 138 cm³/mol. The summed E-state index contributed by atoms with van der Waals surface area (Å²) in [5.74, 6) is 0.798. The van der Waals surface area contributed by atoms with Gasteiger partial charge < -0.3 is 10.6 Å². The largest absolute Gasteiger partial charge is 0.357 e. The number of nitrogens with one attached hydrogen (secondary N) is 2. The third-order valence-electron chi connectivity index (χ3n) is 6.14. The quantitative estimate of drug-likeness (QED) is 0.303. The van der Waals surface area contributed by atoms with E-state index in [2.05, 4.69) is 59.7 Å². The minimum absolute atomic E-state index is 0. The molecule has 0 aliphatic carbocycles. The lowest BCUT2D eigenvalue weighted by molar-refractivity contribution is 0.134. The molecule has 0 radical (unpaired) electrons. The van der Waals surface area contributed by atoms with Crippen molar-refractivity contribution in [1.29, 1.82) is 0 Å². The Balaban J connectivity index is 0.00000341. The van der Waals surface area contributed by atoms with Crippen LogP contribution in [0, 0.1) is 0 Å². The Kier molecular flexibility index (Phi) is 10.5. The van der Waals surface area contributed by atoms with Gasteiger partial charge in [0.05, 0.1) is 12.8 Å². The Morgan fingerprint density at radius 1 is 1.19 bits per heavy atom. The number of piperidine rings is 1. The molecule has 2 fully saturated rings. The first-order valence-corrected chi connectivity index (χ1v) is 13.0. The Morgan fingerprint density at radius 3 is 2.58 bits per heavy atom. The van der Waals surface area contributed by atoms with Crippen LogP contribution in [0.4, 0.5) is 0 Å². The van der Waals surface area contributed by atoms with E-state index in [9.17, 15) is 8.42 Å². The Hall–Kier alpha value is -0.910. The zero-order valence-electron chi connectivity index (χ0n) is 19.0. The van der Waals surface area contributed by atoms with Crippen LogP contribution in [0.25, 0.3) is 0 Å². The molecule has 0 saturated carbocycles. The summed E-state index contributed by atoms with van der Waals surface area (Å²) in [5.41, 5.74) is 1.36. The standard InChI is InChI=1S/C22H37N5O2S.HI/c1-4-23-22(24-16-21-11-8-13-27(21)30(3,28)29)25-20-12-14-26(18(2)15-20)17-19-9-6-5-7-10-19;/h5-7,9-10,18,20-21H,4,8,11-17H2,1-3H3,(H2,23,24,25);1H/t18?,20?,21-;/m1./s1. The highest BCUT2D eigenvalue weighted by Crippen LogP contribution is 2.21. The molecule has 9 heteroatoms. The molecule has 2 aliphatic heterocycles. The van der Waals surface area contributed by atoms with E-state index in [1.54, 1.807) is 4.31 Å². The van der Waals surface area contributed by atoms with E-state index in [0.29, 0.717) is 25.2 Å². The summed E-state index contributed by atoms with van der Waals surface area (Å²) in [4.78, 5) is 7.28. The summed E-state index contributed by atoms with van der Waals surface area (Å²) in [6.07, 6.45) is 5.22. The predicted octanol–water partition coefficient (Wildman–Crippen LogP) is 2.64. The van der Waals surface area contributed by atoms with E-state index in [4.69, 9.17) is 4.99 Å². The highest BCUT2D eigenvalue weighted by molar-refractivity contribution is 14.0. The molecule has 0 spiro atoms. The van der Waals surface area contributed by atoms with Crippen LogP contribution >= 0.6 is 24.0 Å². The van der Waals surface area contributed by atoms with Crippen LogP contribution in [0.1, 0.15) is 45.1 Å². The molecule has 0 aromatic heterocycles. The first kappa shape index (κ1) is 26.3. The number of aliphatic imine (C=N–C) groups is 1.